The van der Waals surface area contributed by atoms with Crippen molar-refractivity contribution in [3.63, 3.8) is 0 Å². The molecule has 6 aromatic rings. The Morgan fingerprint density at radius 1 is 0.872 bits per heavy atom. The number of amides is 1. The molecule has 0 spiro atoms. The topological polar surface area (TPSA) is 85.8 Å². The van der Waals surface area contributed by atoms with Crippen LogP contribution in [0.3, 0.4) is 0 Å². The summed E-state index contributed by atoms with van der Waals surface area (Å²) < 4.78 is 17.5. The van der Waals surface area contributed by atoms with E-state index in [1.807, 2.05) is 84.9 Å². The number of aryl methyl sites for hydroxylation is 1. The zero-order valence-electron chi connectivity index (χ0n) is 21.0. The predicted molar refractivity (Wildman–Crippen MR) is 147 cm³/mol. The number of benzene rings is 4. The Labute approximate surface area is 222 Å². The second-order valence-corrected chi connectivity index (χ2v) is 9.55. The van der Waals surface area contributed by atoms with Gasteiger partial charge in [-0.3, -0.25) is 14.5 Å². The van der Waals surface area contributed by atoms with Gasteiger partial charge in [0, 0.05) is 11.5 Å². The van der Waals surface area contributed by atoms with Crippen LogP contribution in [-0.4, -0.2) is 11.1 Å². The van der Waals surface area contributed by atoms with Gasteiger partial charge in [-0.25, -0.2) is 0 Å². The number of aromatic nitrogens is 1. The highest BCUT2D eigenvalue weighted by Gasteiger charge is 2.45. The third-order valence-electron chi connectivity index (χ3n) is 7.07. The number of hydrogen-bond acceptors (Lipinski definition) is 6. The van der Waals surface area contributed by atoms with Gasteiger partial charge in [0.1, 0.15) is 23.7 Å². The smallest absolute Gasteiger partial charge is 0.296 e. The van der Waals surface area contributed by atoms with Gasteiger partial charge in [-0.05, 0) is 41.6 Å². The summed E-state index contributed by atoms with van der Waals surface area (Å²) in [5.41, 5.74) is 2.21. The standard InChI is InChI=1S/C32H22N2O5/c1-19-17-26(33-39-19)34-28(22-11-14-23(15-12-22)37-18-20-7-3-2-4-8-20)27-29(35)25-16-13-21-9-5-6-10-24(21)30(25)38-31(27)32(34)36/h2-17,28H,18H2,1H3. The summed E-state index contributed by atoms with van der Waals surface area (Å²) in [5, 5.41) is 6.22. The van der Waals surface area contributed by atoms with E-state index in [9.17, 15) is 9.59 Å². The Morgan fingerprint density at radius 3 is 2.41 bits per heavy atom. The van der Waals surface area contributed by atoms with Crippen molar-refractivity contribution in [2.45, 2.75) is 19.6 Å². The van der Waals surface area contributed by atoms with E-state index in [2.05, 4.69) is 5.16 Å². The van der Waals surface area contributed by atoms with E-state index in [1.54, 1.807) is 19.1 Å². The highest BCUT2D eigenvalue weighted by molar-refractivity contribution is 6.12. The molecule has 0 N–H and O–H groups in total. The van der Waals surface area contributed by atoms with E-state index in [1.165, 1.54) is 4.90 Å². The Morgan fingerprint density at radius 2 is 1.64 bits per heavy atom. The molecule has 3 heterocycles. The van der Waals surface area contributed by atoms with Crippen molar-refractivity contribution in [1.29, 1.82) is 0 Å². The molecule has 0 aliphatic carbocycles. The molecule has 7 rings (SSSR count). The summed E-state index contributed by atoms with van der Waals surface area (Å²) in [6, 6.07) is 29.5. The van der Waals surface area contributed by atoms with Crippen molar-refractivity contribution in [3.05, 3.63) is 135 Å². The number of carbonyl (C=O) groups excluding carboxylic acids is 1. The lowest BCUT2D eigenvalue weighted by Gasteiger charge is -2.22. The van der Waals surface area contributed by atoms with E-state index in [0.29, 0.717) is 34.9 Å². The van der Waals surface area contributed by atoms with Gasteiger partial charge in [-0.1, -0.05) is 78.0 Å². The van der Waals surface area contributed by atoms with Crippen LogP contribution in [0.4, 0.5) is 5.82 Å². The van der Waals surface area contributed by atoms with Crippen molar-refractivity contribution in [2.24, 2.45) is 0 Å². The normalized spacial score (nSPS) is 14.7. The average Bonchev–Trinajstić information content (AvgIpc) is 3.53. The third-order valence-corrected chi connectivity index (χ3v) is 7.07. The molecule has 2 aromatic heterocycles. The fourth-order valence-corrected chi connectivity index (χ4v) is 5.21. The molecule has 1 amide bonds. The summed E-state index contributed by atoms with van der Waals surface area (Å²) >= 11 is 0. The van der Waals surface area contributed by atoms with Crippen LogP contribution in [-0.2, 0) is 6.61 Å². The molecule has 1 unspecified atom stereocenters. The van der Waals surface area contributed by atoms with Crippen LogP contribution in [0.5, 0.6) is 5.75 Å². The van der Waals surface area contributed by atoms with Crippen LogP contribution in [0.15, 0.2) is 111 Å². The zero-order valence-corrected chi connectivity index (χ0v) is 21.0. The summed E-state index contributed by atoms with van der Waals surface area (Å²) in [7, 11) is 0. The number of fused-ring (bicyclic) bond motifs is 4. The molecule has 1 aliphatic rings. The highest BCUT2D eigenvalue weighted by atomic mass is 16.5. The monoisotopic (exact) mass is 514 g/mol. The van der Waals surface area contributed by atoms with Crippen molar-refractivity contribution in [3.8, 4) is 5.75 Å². The lowest BCUT2D eigenvalue weighted by atomic mass is 9.97. The van der Waals surface area contributed by atoms with Crippen molar-refractivity contribution in [1.82, 2.24) is 5.16 Å². The fourth-order valence-electron chi connectivity index (χ4n) is 5.21. The molecule has 0 saturated carbocycles. The number of ether oxygens (including phenoxy) is 1. The fraction of sp³-hybridized carbons (Fsp3) is 0.0938. The highest BCUT2D eigenvalue weighted by Crippen LogP contribution is 2.42. The largest absolute Gasteiger partial charge is 0.489 e. The summed E-state index contributed by atoms with van der Waals surface area (Å²) in [4.78, 5) is 29.3. The zero-order chi connectivity index (χ0) is 26.5. The molecule has 0 radical (unpaired) electrons. The molecule has 1 atom stereocenters. The van der Waals surface area contributed by atoms with E-state index < -0.39 is 11.9 Å². The quantitative estimate of drug-likeness (QED) is 0.242. The minimum atomic E-state index is -0.743. The van der Waals surface area contributed by atoms with Gasteiger partial charge in [0.05, 0.1) is 17.0 Å². The maximum atomic E-state index is 14.0. The first kappa shape index (κ1) is 23.0. The summed E-state index contributed by atoms with van der Waals surface area (Å²) in [6.45, 7) is 2.18. The minimum Gasteiger partial charge on any atom is -0.489 e. The summed E-state index contributed by atoms with van der Waals surface area (Å²) in [6.07, 6.45) is 0. The second-order valence-electron chi connectivity index (χ2n) is 9.55. The molecule has 7 nitrogen and oxygen atoms in total. The van der Waals surface area contributed by atoms with Gasteiger partial charge in [-0.2, -0.15) is 0 Å². The van der Waals surface area contributed by atoms with E-state index in [0.717, 1.165) is 21.9 Å². The maximum Gasteiger partial charge on any atom is 0.296 e. The van der Waals surface area contributed by atoms with Gasteiger partial charge in [-0.15, -0.1) is 0 Å². The lowest BCUT2D eigenvalue weighted by Crippen LogP contribution is -2.29. The van der Waals surface area contributed by atoms with E-state index >= 15 is 0 Å². The first-order chi connectivity index (χ1) is 19.1. The van der Waals surface area contributed by atoms with Gasteiger partial charge >= 0.3 is 0 Å². The first-order valence-electron chi connectivity index (χ1n) is 12.6. The van der Waals surface area contributed by atoms with Crippen LogP contribution in [0, 0.1) is 6.92 Å². The third kappa shape index (κ3) is 3.78. The molecule has 190 valence electrons. The Kier molecular flexibility index (Phi) is 5.30. The molecule has 39 heavy (non-hydrogen) atoms. The van der Waals surface area contributed by atoms with Crippen molar-refractivity contribution in [2.75, 3.05) is 4.90 Å². The van der Waals surface area contributed by atoms with Gasteiger partial charge < -0.3 is 13.7 Å². The van der Waals surface area contributed by atoms with Crippen LogP contribution in [0.2, 0.25) is 0 Å². The number of hydrogen-bond donors (Lipinski definition) is 0. The van der Waals surface area contributed by atoms with Crippen LogP contribution in [0.1, 0.15) is 39.0 Å². The molecule has 7 heteroatoms. The van der Waals surface area contributed by atoms with Crippen LogP contribution >= 0.6 is 0 Å². The van der Waals surface area contributed by atoms with Crippen LogP contribution in [0.25, 0.3) is 21.7 Å². The summed E-state index contributed by atoms with van der Waals surface area (Å²) in [5.74, 6) is 1.10. The molecular weight excluding hydrogens is 492 g/mol. The molecule has 0 bridgehead atoms. The SMILES string of the molecule is Cc1cc(N2C(=O)c3oc4c(ccc5ccccc54)c(=O)c3C2c2ccc(OCc3ccccc3)cc2)no1. The lowest BCUT2D eigenvalue weighted by molar-refractivity contribution is 0.0969. The minimum absolute atomic E-state index is 0.0129. The van der Waals surface area contributed by atoms with Crippen molar-refractivity contribution >= 4 is 33.5 Å². The molecule has 4 aromatic carbocycles. The van der Waals surface area contributed by atoms with Gasteiger partial charge in [0.2, 0.25) is 5.76 Å². The predicted octanol–water partition coefficient (Wildman–Crippen LogP) is 6.57. The first-order valence-corrected chi connectivity index (χ1v) is 12.6. The van der Waals surface area contributed by atoms with Crippen LogP contribution < -0.4 is 15.1 Å². The van der Waals surface area contributed by atoms with Gasteiger partial charge in [0.15, 0.2) is 11.2 Å². The Hall–Kier alpha value is -5.17. The number of anilines is 1. The van der Waals surface area contributed by atoms with Gasteiger partial charge in [0.25, 0.3) is 5.91 Å². The molecular formula is C32H22N2O5. The van der Waals surface area contributed by atoms with E-state index in [-0.39, 0.29) is 16.8 Å². The molecule has 1 aliphatic heterocycles. The number of rotatable bonds is 5. The molecule has 0 fully saturated rings. The van der Waals surface area contributed by atoms with E-state index in [4.69, 9.17) is 13.7 Å². The number of nitrogens with zero attached hydrogens (tertiary/aromatic N) is 2. The number of carbonyl (C=O) groups is 1. The maximum absolute atomic E-state index is 14.0. The average molecular weight is 515 g/mol. The Balaban J connectivity index is 1.36. The van der Waals surface area contributed by atoms with Crippen molar-refractivity contribution < 1.29 is 18.5 Å². The second kappa shape index (κ2) is 8.99. The molecule has 0 saturated heterocycles. The Bertz CT molecular complexity index is 1920.